The van der Waals surface area contributed by atoms with Gasteiger partial charge in [-0.05, 0) is 25.3 Å². The van der Waals surface area contributed by atoms with Gasteiger partial charge in [-0.2, -0.15) is 0 Å². The molecule has 23 heavy (non-hydrogen) atoms. The van der Waals surface area contributed by atoms with Gasteiger partial charge in [-0.3, -0.25) is 9.59 Å². The molecule has 0 spiro atoms. The molecule has 1 fully saturated rings. The lowest BCUT2D eigenvalue weighted by atomic mass is 9.64. The number of carbonyl (C=O) groups is 3. The van der Waals surface area contributed by atoms with Crippen molar-refractivity contribution in [2.75, 3.05) is 14.2 Å². The molecule has 0 bridgehead atoms. The second-order valence-corrected chi connectivity index (χ2v) is 5.84. The molecule has 1 aliphatic carbocycles. The first-order valence-electron chi connectivity index (χ1n) is 7.40. The standard InChI is InChI=1S/C17H21NO5/c1-11-6-4-7-12(10-11)17(18,15(21)23-3)16(14(20)22-2)9-5-8-13(16)19/h4,6-7,10H,5,8-9,18H2,1-3H3/t16-,17-/m1/s1. The molecule has 0 unspecified atom stereocenters. The van der Waals surface area contributed by atoms with Crippen LogP contribution in [0.5, 0.6) is 0 Å². The lowest BCUT2D eigenvalue weighted by Gasteiger charge is -2.40. The number of hydrogen-bond donors (Lipinski definition) is 1. The zero-order chi connectivity index (χ0) is 17.3. The maximum absolute atomic E-state index is 12.6. The molecule has 0 amide bonds. The minimum Gasteiger partial charge on any atom is -0.468 e. The molecule has 0 saturated heterocycles. The van der Waals surface area contributed by atoms with E-state index in [4.69, 9.17) is 15.2 Å². The molecule has 0 heterocycles. The van der Waals surface area contributed by atoms with Crippen LogP contribution < -0.4 is 5.73 Å². The van der Waals surface area contributed by atoms with Gasteiger partial charge < -0.3 is 15.2 Å². The van der Waals surface area contributed by atoms with E-state index in [2.05, 4.69) is 0 Å². The SMILES string of the molecule is COC(=O)[C@@]1([C@](N)(C(=O)OC)c2cccc(C)c2)CCCC1=O. The number of ether oxygens (including phenoxy) is 2. The van der Waals surface area contributed by atoms with Crippen LogP contribution in [0.4, 0.5) is 0 Å². The summed E-state index contributed by atoms with van der Waals surface area (Å²) in [7, 11) is 2.37. The zero-order valence-electron chi connectivity index (χ0n) is 13.5. The largest absolute Gasteiger partial charge is 0.468 e. The molecule has 1 aromatic rings. The fraction of sp³-hybridized carbons (Fsp3) is 0.471. The van der Waals surface area contributed by atoms with E-state index in [-0.39, 0.29) is 12.8 Å². The Balaban J connectivity index is 2.77. The van der Waals surface area contributed by atoms with Crippen molar-refractivity contribution in [2.24, 2.45) is 11.1 Å². The van der Waals surface area contributed by atoms with Crippen LogP contribution in [0.3, 0.4) is 0 Å². The lowest BCUT2D eigenvalue weighted by molar-refractivity contribution is -0.172. The first-order valence-corrected chi connectivity index (χ1v) is 7.40. The number of esters is 2. The number of aryl methyl sites for hydroxylation is 1. The average Bonchev–Trinajstić information content (AvgIpc) is 2.95. The van der Waals surface area contributed by atoms with Gasteiger partial charge in [0.05, 0.1) is 14.2 Å². The second-order valence-electron chi connectivity index (χ2n) is 5.84. The van der Waals surface area contributed by atoms with Crippen molar-refractivity contribution in [3.8, 4) is 0 Å². The minimum absolute atomic E-state index is 0.151. The van der Waals surface area contributed by atoms with E-state index < -0.39 is 28.7 Å². The molecule has 1 saturated carbocycles. The third kappa shape index (κ3) is 2.34. The topological polar surface area (TPSA) is 95.7 Å². The molecular weight excluding hydrogens is 298 g/mol. The molecule has 1 aromatic carbocycles. The van der Waals surface area contributed by atoms with Gasteiger partial charge in [-0.15, -0.1) is 0 Å². The molecule has 124 valence electrons. The highest BCUT2D eigenvalue weighted by atomic mass is 16.5. The first kappa shape index (κ1) is 17.1. The number of nitrogens with two attached hydrogens (primary N) is 1. The summed E-state index contributed by atoms with van der Waals surface area (Å²) in [6.07, 6.45) is 0.796. The Morgan fingerprint density at radius 3 is 2.43 bits per heavy atom. The highest BCUT2D eigenvalue weighted by molar-refractivity contribution is 6.11. The summed E-state index contributed by atoms with van der Waals surface area (Å²) in [5, 5.41) is 0. The molecule has 1 aliphatic rings. The van der Waals surface area contributed by atoms with Gasteiger partial charge in [0, 0.05) is 6.42 Å². The van der Waals surface area contributed by atoms with Gasteiger partial charge in [-0.25, -0.2) is 4.79 Å². The van der Waals surface area contributed by atoms with Crippen LogP contribution in [0.15, 0.2) is 24.3 Å². The number of ketones is 1. The van der Waals surface area contributed by atoms with E-state index in [9.17, 15) is 14.4 Å². The van der Waals surface area contributed by atoms with Crippen molar-refractivity contribution in [3.63, 3.8) is 0 Å². The highest BCUT2D eigenvalue weighted by Gasteiger charge is 2.67. The van der Waals surface area contributed by atoms with E-state index in [1.54, 1.807) is 18.2 Å². The first-order chi connectivity index (χ1) is 10.8. The molecule has 2 atom stereocenters. The number of hydrogen-bond acceptors (Lipinski definition) is 6. The lowest BCUT2D eigenvalue weighted by Crippen LogP contribution is -2.64. The number of benzene rings is 1. The van der Waals surface area contributed by atoms with Crippen molar-refractivity contribution in [3.05, 3.63) is 35.4 Å². The van der Waals surface area contributed by atoms with Crippen molar-refractivity contribution in [1.29, 1.82) is 0 Å². The fourth-order valence-corrected chi connectivity index (χ4v) is 3.42. The van der Waals surface area contributed by atoms with Crippen LogP contribution in [-0.2, 0) is 29.4 Å². The summed E-state index contributed by atoms with van der Waals surface area (Å²) in [5.74, 6) is -2.02. The molecule has 0 radical (unpaired) electrons. The van der Waals surface area contributed by atoms with E-state index >= 15 is 0 Å². The molecule has 2 rings (SSSR count). The summed E-state index contributed by atoms with van der Waals surface area (Å²) in [4.78, 5) is 37.8. The van der Waals surface area contributed by atoms with E-state index in [0.29, 0.717) is 12.0 Å². The zero-order valence-corrected chi connectivity index (χ0v) is 13.5. The van der Waals surface area contributed by atoms with Crippen LogP contribution in [-0.4, -0.2) is 31.9 Å². The fourth-order valence-electron chi connectivity index (χ4n) is 3.42. The third-order valence-electron chi connectivity index (χ3n) is 4.62. The summed E-state index contributed by atoms with van der Waals surface area (Å²) in [5.41, 5.74) is 3.99. The Kier molecular flexibility index (Phi) is 4.56. The molecule has 2 N–H and O–H groups in total. The molecule has 6 heteroatoms. The maximum atomic E-state index is 12.6. The van der Waals surface area contributed by atoms with Crippen LogP contribution in [0.1, 0.15) is 30.4 Å². The number of rotatable bonds is 4. The van der Waals surface area contributed by atoms with Crippen molar-refractivity contribution in [2.45, 2.75) is 31.7 Å². The Labute approximate surface area is 134 Å². The summed E-state index contributed by atoms with van der Waals surface area (Å²) in [6, 6.07) is 6.87. The smallest absolute Gasteiger partial charge is 0.332 e. The number of carbonyl (C=O) groups excluding carboxylic acids is 3. The van der Waals surface area contributed by atoms with Crippen LogP contribution >= 0.6 is 0 Å². The third-order valence-corrected chi connectivity index (χ3v) is 4.62. The Hall–Kier alpha value is -2.21. The summed E-state index contributed by atoms with van der Waals surface area (Å²) in [6.45, 7) is 1.84. The van der Waals surface area contributed by atoms with Gasteiger partial charge in [0.2, 0.25) is 0 Å². The molecule has 6 nitrogen and oxygen atoms in total. The van der Waals surface area contributed by atoms with E-state index in [0.717, 1.165) is 5.56 Å². The highest BCUT2D eigenvalue weighted by Crippen LogP contribution is 2.49. The maximum Gasteiger partial charge on any atom is 0.332 e. The van der Waals surface area contributed by atoms with Crippen LogP contribution in [0.25, 0.3) is 0 Å². The Morgan fingerprint density at radius 1 is 1.26 bits per heavy atom. The van der Waals surface area contributed by atoms with Gasteiger partial charge in [0.1, 0.15) is 0 Å². The quantitative estimate of drug-likeness (QED) is 0.662. The Morgan fingerprint density at radius 2 is 1.96 bits per heavy atom. The van der Waals surface area contributed by atoms with Crippen molar-refractivity contribution >= 4 is 17.7 Å². The van der Waals surface area contributed by atoms with Crippen LogP contribution in [0.2, 0.25) is 0 Å². The summed E-state index contributed by atoms with van der Waals surface area (Å²) < 4.78 is 9.72. The predicted molar refractivity (Wildman–Crippen MR) is 82.4 cm³/mol. The minimum atomic E-state index is -1.92. The van der Waals surface area contributed by atoms with Gasteiger partial charge >= 0.3 is 11.9 Å². The molecule has 0 aliphatic heterocycles. The van der Waals surface area contributed by atoms with E-state index in [1.807, 2.05) is 13.0 Å². The number of methoxy groups -OCH3 is 2. The van der Waals surface area contributed by atoms with Gasteiger partial charge in [0.25, 0.3) is 0 Å². The van der Waals surface area contributed by atoms with E-state index in [1.165, 1.54) is 14.2 Å². The average molecular weight is 319 g/mol. The normalized spacial score (nSPS) is 23.2. The monoisotopic (exact) mass is 319 g/mol. The van der Waals surface area contributed by atoms with Crippen molar-refractivity contribution < 1.29 is 23.9 Å². The van der Waals surface area contributed by atoms with Gasteiger partial charge in [0.15, 0.2) is 16.7 Å². The summed E-state index contributed by atoms with van der Waals surface area (Å²) >= 11 is 0. The molecule has 0 aromatic heterocycles. The van der Waals surface area contributed by atoms with Crippen molar-refractivity contribution in [1.82, 2.24) is 0 Å². The van der Waals surface area contributed by atoms with Gasteiger partial charge in [-0.1, -0.05) is 29.8 Å². The predicted octanol–water partition coefficient (Wildman–Crippen LogP) is 1.23. The second kappa shape index (κ2) is 6.12. The Bertz CT molecular complexity index is 656. The van der Waals surface area contributed by atoms with Crippen LogP contribution in [0, 0.1) is 12.3 Å². The number of Topliss-reactive ketones (excluding diaryl/α,β-unsaturated/α-hetero) is 1. The molecular formula is C17H21NO5.